The van der Waals surface area contributed by atoms with E-state index in [0.29, 0.717) is 37.6 Å². The molecule has 0 aromatic heterocycles. The van der Waals surface area contributed by atoms with E-state index in [9.17, 15) is 13.2 Å². The minimum Gasteiger partial charge on any atom is -0.495 e. The van der Waals surface area contributed by atoms with E-state index < -0.39 is 22.0 Å². The summed E-state index contributed by atoms with van der Waals surface area (Å²) in [6.07, 6.45) is 0. The van der Waals surface area contributed by atoms with Gasteiger partial charge in [-0.15, -0.1) is 11.6 Å². The molecule has 1 amide bonds. The Morgan fingerprint density at radius 2 is 1.57 bits per heavy atom. The lowest BCUT2D eigenvalue weighted by atomic mass is 10.1. The Morgan fingerprint density at radius 3 is 2.22 bits per heavy atom. The molecule has 3 aromatic rings. The van der Waals surface area contributed by atoms with Crippen molar-refractivity contribution in [1.29, 1.82) is 0 Å². The van der Waals surface area contributed by atoms with Gasteiger partial charge in [-0.2, -0.15) is 0 Å². The van der Waals surface area contributed by atoms with Gasteiger partial charge in [0.25, 0.3) is 0 Å². The molecule has 0 radical (unpaired) electrons. The summed E-state index contributed by atoms with van der Waals surface area (Å²) < 4.78 is 35.6. The number of nitrogens with one attached hydrogen (secondary N) is 2. The van der Waals surface area contributed by atoms with Gasteiger partial charge in [0.05, 0.1) is 18.5 Å². The largest absolute Gasteiger partial charge is 0.495 e. The van der Waals surface area contributed by atoms with Crippen molar-refractivity contribution in [3.8, 4) is 5.75 Å². The Labute approximate surface area is 223 Å². The molecule has 0 saturated carbocycles. The normalized spacial score (nSPS) is 14.8. The molecule has 0 unspecified atom stereocenters. The maximum Gasteiger partial charge on any atom is 0.243 e. The summed E-state index contributed by atoms with van der Waals surface area (Å²) in [5, 5.41) is 2.66. The molecule has 1 aliphatic rings. The number of methoxy groups -OCH3 is 1. The quantitative estimate of drug-likeness (QED) is 0.393. The topological polar surface area (TPSA) is 91.0 Å². The molecule has 3 aromatic carbocycles. The highest BCUT2D eigenvalue weighted by Gasteiger charge is 2.28. The lowest BCUT2D eigenvalue weighted by Gasteiger charge is -2.38. The molecule has 0 spiro atoms. The van der Waals surface area contributed by atoms with Crippen LogP contribution < -0.4 is 24.6 Å². The number of ether oxygens (including phenoxy) is 1. The number of hydrogen-bond donors (Lipinski definition) is 2. The molecule has 1 atom stereocenters. The van der Waals surface area contributed by atoms with Gasteiger partial charge in [-0.25, -0.2) is 13.1 Å². The number of carbonyl (C=O) groups excluding carboxylic acids is 1. The molecule has 1 heterocycles. The van der Waals surface area contributed by atoms with E-state index in [1.165, 1.54) is 6.07 Å². The average Bonchev–Trinajstić information content (AvgIpc) is 2.93. The number of rotatable bonds is 9. The van der Waals surface area contributed by atoms with Gasteiger partial charge in [0.1, 0.15) is 16.5 Å². The number of benzene rings is 3. The Balaban J connectivity index is 1.61. The van der Waals surface area contributed by atoms with Gasteiger partial charge < -0.3 is 19.9 Å². The van der Waals surface area contributed by atoms with E-state index in [1.54, 1.807) is 26.2 Å². The molecule has 1 aliphatic heterocycles. The van der Waals surface area contributed by atoms with Gasteiger partial charge in [-0.05, 0) is 42.8 Å². The summed E-state index contributed by atoms with van der Waals surface area (Å²) in [6.45, 7) is 4.42. The van der Waals surface area contributed by atoms with Crippen LogP contribution in [-0.2, 0) is 14.8 Å². The highest BCUT2D eigenvalue weighted by Crippen LogP contribution is 2.33. The number of para-hydroxylation sites is 2. The summed E-state index contributed by atoms with van der Waals surface area (Å²) in [7, 11) is -2.29. The zero-order valence-electron chi connectivity index (χ0n) is 20.9. The van der Waals surface area contributed by atoms with Crippen LogP contribution in [0.4, 0.5) is 17.1 Å². The van der Waals surface area contributed by atoms with E-state index in [0.717, 1.165) is 17.0 Å². The van der Waals surface area contributed by atoms with Gasteiger partial charge in [-0.3, -0.25) is 4.79 Å². The summed E-state index contributed by atoms with van der Waals surface area (Å²) in [6, 6.07) is 21.7. The predicted octanol–water partition coefficient (Wildman–Crippen LogP) is 4.24. The second-order valence-electron chi connectivity index (χ2n) is 8.76. The molecule has 1 saturated heterocycles. The molecular formula is C27H31ClN4O4S. The number of nitrogens with zero attached hydrogens (tertiary/aromatic N) is 2. The predicted molar refractivity (Wildman–Crippen MR) is 148 cm³/mol. The third-order valence-corrected chi connectivity index (χ3v) is 8.14. The lowest BCUT2D eigenvalue weighted by Crippen LogP contribution is -2.47. The van der Waals surface area contributed by atoms with Crippen LogP contribution >= 0.6 is 11.6 Å². The first-order valence-electron chi connectivity index (χ1n) is 12.0. The first-order valence-corrected chi connectivity index (χ1v) is 14.0. The zero-order chi connectivity index (χ0) is 26.4. The van der Waals surface area contributed by atoms with Crippen molar-refractivity contribution in [3.63, 3.8) is 0 Å². The van der Waals surface area contributed by atoms with E-state index in [4.69, 9.17) is 16.3 Å². The first kappa shape index (κ1) is 26.8. The van der Waals surface area contributed by atoms with Gasteiger partial charge in [0.15, 0.2) is 0 Å². The van der Waals surface area contributed by atoms with Crippen LogP contribution in [0.25, 0.3) is 0 Å². The van der Waals surface area contributed by atoms with Crippen molar-refractivity contribution in [2.75, 3.05) is 54.3 Å². The zero-order valence-corrected chi connectivity index (χ0v) is 22.4. The van der Waals surface area contributed by atoms with Crippen LogP contribution in [0, 0.1) is 0 Å². The minimum atomic E-state index is -3.94. The molecular weight excluding hydrogens is 512 g/mol. The highest BCUT2D eigenvalue weighted by molar-refractivity contribution is 7.89. The van der Waals surface area contributed by atoms with Crippen molar-refractivity contribution >= 4 is 44.6 Å². The van der Waals surface area contributed by atoms with Gasteiger partial charge >= 0.3 is 0 Å². The van der Waals surface area contributed by atoms with Crippen LogP contribution in [-0.4, -0.2) is 53.5 Å². The van der Waals surface area contributed by atoms with Gasteiger partial charge in [0, 0.05) is 37.9 Å². The summed E-state index contributed by atoms with van der Waals surface area (Å²) in [5.41, 5.74) is 2.81. The van der Waals surface area contributed by atoms with Crippen LogP contribution in [0.2, 0.25) is 0 Å². The third kappa shape index (κ3) is 6.36. The van der Waals surface area contributed by atoms with E-state index >= 15 is 0 Å². The number of hydrogen-bond acceptors (Lipinski definition) is 6. The molecule has 10 heteroatoms. The van der Waals surface area contributed by atoms with Crippen LogP contribution in [0.15, 0.2) is 77.7 Å². The van der Waals surface area contributed by atoms with Crippen LogP contribution in [0.1, 0.15) is 18.5 Å². The van der Waals surface area contributed by atoms with Crippen molar-refractivity contribution < 1.29 is 17.9 Å². The molecule has 0 aliphatic carbocycles. The van der Waals surface area contributed by atoms with Crippen molar-refractivity contribution in [3.05, 3.63) is 78.4 Å². The average molecular weight is 543 g/mol. The summed E-state index contributed by atoms with van der Waals surface area (Å²) in [4.78, 5) is 16.3. The molecule has 37 heavy (non-hydrogen) atoms. The standard InChI is InChI=1S/C27H31ClN4O4S/c1-20(21-8-4-3-5-9-21)30-37(34,35)26-18-22(29-27(33)19-28)12-13-24(26)32-16-14-31(15-17-32)23-10-6-7-11-25(23)36-2/h3-13,18,20,30H,14-17,19H2,1-2H3,(H,29,33)/t20-/m1/s1. The fraction of sp³-hybridized carbons (Fsp3) is 0.296. The number of piperazine rings is 1. The minimum absolute atomic E-state index is 0.105. The molecule has 2 N–H and O–H groups in total. The van der Waals surface area contributed by atoms with Crippen molar-refractivity contribution in [2.45, 2.75) is 17.9 Å². The van der Waals surface area contributed by atoms with E-state index in [-0.39, 0.29) is 10.8 Å². The maximum absolute atomic E-state index is 13.7. The number of halogens is 1. The van der Waals surface area contributed by atoms with E-state index in [1.807, 2.05) is 54.6 Å². The van der Waals surface area contributed by atoms with Gasteiger partial charge in [0.2, 0.25) is 15.9 Å². The number of anilines is 3. The second-order valence-corrected chi connectivity index (χ2v) is 10.7. The van der Waals surface area contributed by atoms with Crippen LogP contribution in [0.3, 0.4) is 0 Å². The lowest BCUT2D eigenvalue weighted by molar-refractivity contribution is -0.113. The highest BCUT2D eigenvalue weighted by atomic mass is 35.5. The number of carbonyl (C=O) groups is 1. The molecule has 196 valence electrons. The molecule has 8 nitrogen and oxygen atoms in total. The Kier molecular flexibility index (Phi) is 8.58. The SMILES string of the molecule is COc1ccccc1N1CCN(c2ccc(NC(=O)CCl)cc2S(=O)(=O)N[C@H](C)c2ccccc2)CC1. The van der Waals surface area contributed by atoms with Crippen molar-refractivity contribution in [2.24, 2.45) is 0 Å². The number of amides is 1. The Hall–Kier alpha value is -3.27. The fourth-order valence-electron chi connectivity index (χ4n) is 4.45. The maximum atomic E-state index is 13.7. The number of sulfonamides is 1. The Bertz CT molecular complexity index is 1330. The summed E-state index contributed by atoms with van der Waals surface area (Å²) >= 11 is 5.64. The first-order chi connectivity index (χ1) is 17.8. The smallest absolute Gasteiger partial charge is 0.243 e. The fourth-order valence-corrected chi connectivity index (χ4v) is 6.00. The third-order valence-electron chi connectivity index (χ3n) is 6.33. The van der Waals surface area contributed by atoms with E-state index in [2.05, 4.69) is 19.8 Å². The Morgan fingerprint density at radius 1 is 0.946 bits per heavy atom. The van der Waals surface area contributed by atoms with Crippen LogP contribution in [0.5, 0.6) is 5.75 Å². The molecule has 1 fully saturated rings. The molecule has 0 bridgehead atoms. The monoisotopic (exact) mass is 542 g/mol. The second kappa shape index (κ2) is 11.9. The van der Waals surface area contributed by atoms with Gasteiger partial charge in [-0.1, -0.05) is 42.5 Å². The summed E-state index contributed by atoms with van der Waals surface area (Å²) in [5.74, 6) is 0.171. The number of alkyl halides is 1. The van der Waals surface area contributed by atoms with Crippen molar-refractivity contribution in [1.82, 2.24) is 4.72 Å². The molecule has 4 rings (SSSR count).